The first-order chi connectivity index (χ1) is 9.33. The van der Waals surface area contributed by atoms with Crippen molar-refractivity contribution < 1.29 is 9.21 Å². The zero-order valence-corrected chi connectivity index (χ0v) is 10.5. The number of rotatable bonds is 4. The molecule has 0 aliphatic heterocycles. The van der Waals surface area contributed by atoms with Gasteiger partial charge in [0.15, 0.2) is 11.5 Å². The van der Waals surface area contributed by atoms with Gasteiger partial charge in [-0.1, -0.05) is 48.5 Å². The minimum absolute atomic E-state index is 0.0556. The van der Waals surface area contributed by atoms with E-state index in [-0.39, 0.29) is 5.78 Å². The van der Waals surface area contributed by atoms with Gasteiger partial charge in [-0.15, -0.1) is 0 Å². The molecule has 0 aliphatic carbocycles. The number of ketones is 1. The summed E-state index contributed by atoms with van der Waals surface area (Å²) in [6.45, 7) is 0. The van der Waals surface area contributed by atoms with Gasteiger partial charge in [-0.2, -0.15) is 0 Å². The number of para-hydroxylation sites is 1. The first-order valence-corrected chi connectivity index (χ1v) is 6.38. The van der Waals surface area contributed by atoms with Crippen molar-refractivity contribution in [2.45, 2.75) is 12.8 Å². The molecule has 1 heterocycles. The van der Waals surface area contributed by atoms with Crippen LogP contribution in [0.5, 0.6) is 0 Å². The lowest BCUT2D eigenvalue weighted by Crippen LogP contribution is -1.99. The lowest BCUT2D eigenvalue weighted by molar-refractivity contribution is 0.0958. The SMILES string of the molecule is O=C(CCc1ccccc1)c1cc2ccccc2o1. The third-order valence-electron chi connectivity index (χ3n) is 3.18. The van der Waals surface area contributed by atoms with Gasteiger partial charge in [0.2, 0.25) is 0 Å². The first-order valence-electron chi connectivity index (χ1n) is 6.38. The Labute approximate surface area is 111 Å². The molecule has 0 atom stereocenters. The van der Waals surface area contributed by atoms with Crippen molar-refractivity contribution in [3.63, 3.8) is 0 Å². The van der Waals surface area contributed by atoms with E-state index in [4.69, 9.17) is 4.42 Å². The predicted octanol–water partition coefficient (Wildman–Crippen LogP) is 4.25. The zero-order valence-electron chi connectivity index (χ0n) is 10.5. The highest BCUT2D eigenvalue weighted by Crippen LogP contribution is 2.20. The topological polar surface area (TPSA) is 30.2 Å². The van der Waals surface area contributed by atoms with Gasteiger partial charge in [-0.25, -0.2) is 0 Å². The zero-order chi connectivity index (χ0) is 13.1. The number of hydrogen-bond donors (Lipinski definition) is 0. The lowest BCUT2D eigenvalue weighted by Gasteiger charge is -1.98. The fourth-order valence-corrected chi connectivity index (χ4v) is 2.15. The van der Waals surface area contributed by atoms with Crippen molar-refractivity contribution in [2.24, 2.45) is 0 Å². The van der Waals surface area contributed by atoms with E-state index < -0.39 is 0 Å². The molecule has 0 unspecified atom stereocenters. The summed E-state index contributed by atoms with van der Waals surface area (Å²) < 4.78 is 5.57. The van der Waals surface area contributed by atoms with Crippen molar-refractivity contribution in [1.29, 1.82) is 0 Å². The maximum absolute atomic E-state index is 12.1. The summed E-state index contributed by atoms with van der Waals surface area (Å²) in [7, 11) is 0. The van der Waals surface area contributed by atoms with Crippen LogP contribution in [0.15, 0.2) is 65.1 Å². The summed E-state index contributed by atoms with van der Waals surface area (Å²) in [5.74, 6) is 0.511. The number of Topliss-reactive ketones (excluding diaryl/α,β-unsaturated/α-hetero) is 1. The fourth-order valence-electron chi connectivity index (χ4n) is 2.15. The molecule has 2 nitrogen and oxygen atoms in total. The molecule has 0 saturated heterocycles. The van der Waals surface area contributed by atoms with E-state index in [0.717, 1.165) is 17.4 Å². The molecule has 0 saturated carbocycles. The number of carbonyl (C=O) groups is 1. The Kier molecular flexibility index (Phi) is 3.15. The maximum Gasteiger partial charge on any atom is 0.198 e. The molecule has 94 valence electrons. The monoisotopic (exact) mass is 250 g/mol. The lowest BCUT2D eigenvalue weighted by atomic mass is 10.1. The molecule has 2 aromatic carbocycles. The first kappa shape index (κ1) is 11.7. The summed E-state index contributed by atoms with van der Waals surface area (Å²) in [5.41, 5.74) is 1.94. The Hall–Kier alpha value is -2.35. The van der Waals surface area contributed by atoms with E-state index in [9.17, 15) is 4.79 Å². The highest BCUT2D eigenvalue weighted by atomic mass is 16.3. The third kappa shape index (κ3) is 2.58. The van der Waals surface area contributed by atoms with E-state index in [1.165, 1.54) is 5.56 Å². The molecule has 0 spiro atoms. The minimum atomic E-state index is 0.0556. The smallest absolute Gasteiger partial charge is 0.198 e. The van der Waals surface area contributed by atoms with Crippen LogP contribution in [0.4, 0.5) is 0 Å². The van der Waals surface area contributed by atoms with Crippen LogP contribution in [0, 0.1) is 0 Å². The number of aryl methyl sites for hydroxylation is 1. The standard InChI is InChI=1S/C17H14O2/c18-15(11-10-13-6-2-1-3-7-13)17-12-14-8-4-5-9-16(14)19-17/h1-9,12H,10-11H2. The fraction of sp³-hybridized carbons (Fsp3) is 0.118. The summed E-state index contributed by atoms with van der Waals surface area (Å²) in [4.78, 5) is 12.1. The van der Waals surface area contributed by atoms with Crippen molar-refractivity contribution in [3.8, 4) is 0 Å². The van der Waals surface area contributed by atoms with E-state index in [2.05, 4.69) is 0 Å². The van der Waals surface area contributed by atoms with Crippen LogP contribution in [0.1, 0.15) is 22.5 Å². The van der Waals surface area contributed by atoms with Crippen molar-refractivity contribution in [1.82, 2.24) is 0 Å². The normalized spacial score (nSPS) is 10.7. The summed E-state index contributed by atoms with van der Waals surface area (Å²) in [6, 6.07) is 19.5. The van der Waals surface area contributed by atoms with Gasteiger partial charge in [0.05, 0.1) is 0 Å². The molecule has 3 aromatic rings. The van der Waals surface area contributed by atoms with Crippen LogP contribution in [0.25, 0.3) is 11.0 Å². The van der Waals surface area contributed by atoms with E-state index in [0.29, 0.717) is 12.2 Å². The van der Waals surface area contributed by atoms with Gasteiger partial charge in [0.1, 0.15) is 5.58 Å². The van der Waals surface area contributed by atoms with Gasteiger partial charge < -0.3 is 4.42 Å². The second kappa shape index (κ2) is 5.11. The predicted molar refractivity (Wildman–Crippen MR) is 75.3 cm³/mol. The third-order valence-corrected chi connectivity index (χ3v) is 3.18. The van der Waals surface area contributed by atoms with Crippen LogP contribution < -0.4 is 0 Å². The average Bonchev–Trinajstić information content (AvgIpc) is 2.90. The van der Waals surface area contributed by atoms with Crippen LogP contribution in [-0.4, -0.2) is 5.78 Å². The summed E-state index contributed by atoms with van der Waals surface area (Å²) in [6.07, 6.45) is 1.22. The van der Waals surface area contributed by atoms with Crippen LogP contribution >= 0.6 is 0 Å². The molecule has 3 rings (SSSR count). The van der Waals surface area contributed by atoms with Crippen LogP contribution in [0.3, 0.4) is 0 Å². The number of fused-ring (bicyclic) bond motifs is 1. The second-order valence-corrected chi connectivity index (χ2v) is 4.56. The number of furan rings is 1. The van der Waals surface area contributed by atoms with Gasteiger partial charge in [-0.05, 0) is 24.1 Å². The van der Waals surface area contributed by atoms with Crippen LogP contribution in [0.2, 0.25) is 0 Å². The van der Waals surface area contributed by atoms with E-state index in [1.807, 2.05) is 60.7 Å². The molecule has 0 radical (unpaired) electrons. The highest BCUT2D eigenvalue weighted by Gasteiger charge is 2.11. The van der Waals surface area contributed by atoms with Crippen molar-refractivity contribution >= 4 is 16.8 Å². The molecule has 1 aromatic heterocycles. The van der Waals surface area contributed by atoms with Gasteiger partial charge >= 0.3 is 0 Å². The Morgan fingerprint density at radius 1 is 0.947 bits per heavy atom. The Bertz CT molecular complexity index is 662. The summed E-state index contributed by atoms with van der Waals surface area (Å²) >= 11 is 0. The van der Waals surface area contributed by atoms with Crippen molar-refractivity contribution in [3.05, 3.63) is 72.0 Å². The summed E-state index contributed by atoms with van der Waals surface area (Å²) in [5, 5.41) is 0.977. The Balaban J connectivity index is 1.73. The molecule has 0 fully saturated rings. The largest absolute Gasteiger partial charge is 0.453 e. The molecule has 0 aliphatic rings. The van der Waals surface area contributed by atoms with Crippen molar-refractivity contribution in [2.75, 3.05) is 0 Å². The van der Waals surface area contributed by atoms with E-state index >= 15 is 0 Å². The number of carbonyl (C=O) groups excluding carboxylic acids is 1. The van der Waals surface area contributed by atoms with Gasteiger partial charge in [-0.3, -0.25) is 4.79 Å². The molecule has 0 bridgehead atoms. The number of benzene rings is 2. The minimum Gasteiger partial charge on any atom is -0.453 e. The molecule has 2 heteroatoms. The molecule has 19 heavy (non-hydrogen) atoms. The maximum atomic E-state index is 12.1. The quantitative estimate of drug-likeness (QED) is 0.648. The number of hydrogen-bond acceptors (Lipinski definition) is 2. The molecular formula is C17H14O2. The Morgan fingerprint density at radius 2 is 1.68 bits per heavy atom. The second-order valence-electron chi connectivity index (χ2n) is 4.56. The molecule has 0 amide bonds. The highest BCUT2D eigenvalue weighted by molar-refractivity contribution is 5.97. The van der Waals surface area contributed by atoms with E-state index in [1.54, 1.807) is 0 Å². The van der Waals surface area contributed by atoms with Crippen LogP contribution in [-0.2, 0) is 6.42 Å². The van der Waals surface area contributed by atoms with Gasteiger partial charge in [0.25, 0.3) is 0 Å². The average molecular weight is 250 g/mol. The Morgan fingerprint density at radius 3 is 2.47 bits per heavy atom. The van der Waals surface area contributed by atoms with Gasteiger partial charge in [0, 0.05) is 11.8 Å². The molecule has 0 N–H and O–H groups in total. The molecular weight excluding hydrogens is 236 g/mol.